The third-order valence-corrected chi connectivity index (χ3v) is 2.59. The Morgan fingerprint density at radius 1 is 1.25 bits per heavy atom. The fourth-order valence-electron chi connectivity index (χ4n) is 1.64. The van der Waals surface area contributed by atoms with Crippen LogP contribution in [0.3, 0.4) is 0 Å². The molecule has 2 N–H and O–H groups in total. The molecule has 20 heavy (non-hydrogen) atoms. The second kappa shape index (κ2) is 7.78. The van der Waals surface area contributed by atoms with Gasteiger partial charge >= 0.3 is 6.03 Å². The number of rotatable bonds is 6. The van der Waals surface area contributed by atoms with Gasteiger partial charge < -0.3 is 15.5 Å². The summed E-state index contributed by atoms with van der Waals surface area (Å²) in [4.78, 5) is 25.1. The number of anilines is 1. The van der Waals surface area contributed by atoms with E-state index in [1.54, 1.807) is 48.4 Å². The van der Waals surface area contributed by atoms with E-state index in [1.807, 2.05) is 0 Å². The molecule has 3 amide bonds. The zero-order valence-corrected chi connectivity index (χ0v) is 11.6. The Hall–Kier alpha value is -2.56. The Kier molecular flexibility index (Phi) is 6.03. The molecule has 1 aromatic rings. The van der Waals surface area contributed by atoms with Crippen molar-refractivity contribution in [1.29, 1.82) is 0 Å². The lowest BCUT2D eigenvalue weighted by atomic mass is 10.2. The molecule has 5 heteroatoms. The standard InChI is InChI=1S/C15H19N3O2/c1-4-9-18(10-5-2)15(20)17-13-8-6-7-12(11-13)14(19)16-3/h4-8,11H,1-2,9-10H2,3H3,(H,16,19)(H,17,20). The molecule has 0 aliphatic heterocycles. The van der Waals surface area contributed by atoms with Gasteiger partial charge in [-0.3, -0.25) is 4.79 Å². The molecule has 0 saturated carbocycles. The van der Waals surface area contributed by atoms with Crippen LogP contribution in [0, 0.1) is 0 Å². The number of amides is 3. The summed E-state index contributed by atoms with van der Waals surface area (Å²) in [7, 11) is 1.56. The van der Waals surface area contributed by atoms with E-state index in [0.29, 0.717) is 24.3 Å². The largest absolute Gasteiger partial charge is 0.355 e. The predicted octanol–water partition coefficient (Wildman–Crippen LogP) is 2.25. The highest BCUT2D eigenvalue weighted by Gasteiger charge is 2.11. The maximum atomic E-state index is 12.1. The zero-order chi connectivity index (χ0) is 15.0. The molecular formula is C15H19N3O2. The van der Waals surface area contributed by atoms with E-state index < -0.39 is 0 Å². The van der Waals surface area contributed by atoms with Crippen molar-refractivity contribution in [2.24, 2.45) is 0 Å². The lowest BCUT2D eigenvalue weighted by Gasteiger charge is -2.20. The Labute approximate surface area is 119 Å². The number of benzene rings is 1. The van der Waals surface area contributed by atoms with Gasteiger partial charge in [-0.15, -0.1) is 13.2 Å². The number of hydrogen-bond donors (Lipinski definition) is 2. The highest BCUT2D eigenvalue weighted by Crippen LogP contribution is 2.11. The quantitative estimate of drug-likeness (QED) is 0.781. The van der Waals surface area contributed by atoms with Gasteiger partial charge in [-0.05, 0) is 18.2 Å². The first-order chi connectivity index (χ1) is 9.62. The second-order valence-corrected chi connectivity index (χ2v) is 4.07. The minimum Gasteiger partial charge on any atom is -0.355 e. The van der Waals surface area contributed by atoms with Crippen molar-refractivity contribution >= 4 is 17.6 Å². The van der Waals surface area contributed by atoms with Crippen LogP contribution in [0.1, 0.15) is 10.4 Å². The molecule has 0 saturated heterocycles. The van der Waals surface area contributed by atoms with Crippen LogP contribution in [0.15, 0.2) is 49.6 Å². The van der Waals surface area contributed by atoms with E-state index in [9.17, 15) is 9.59 Å². The van der Waals surface area contributed by atoms with Crippen LogP contribution in [0.25, 0.3) is 0 Å². The predicted molar refractivity (Wildman–Crippen MR) is 80.8 cm³/mol. The van der Waals surface area contributed by atoms with Gasteiger partial charge in [0.1, 0.15) is 0 Å². The Morgan fingerprint density at radius 3 is 2.45 bits per heavy atom. The third kappa shape index (κ3) is 4.28. The Morgan fingerprint density at radius 2 is 1.90 bits per heavy atom. The van der Waals surface area contributed by atoms with Crippen molar-refractivity contribution in [3.63, 3.8) is 0 Å². The van der Waals surface area contributed by atoms with Crippen LogP contribution in [0.4, 0.5) is 10.5 Å². The van der Waals surface area contributed by atoms with Crippen molar-refractivity contribution in [3.05, 3.63) is 55.1 Å². The van der Waals surface area contributed by atoms with Crippen molar-refractivity contribution in [2.75, 3.05) is 25.5 Å². The summed E-state index contributed by atoms with van der Waals surface area (Å²) in [6.07, 6.45) is 3.29. The van der Waals surface area contributed by atoms with Crippen molar-refractivity contribution in [3.8, 4) is 0 Å². The van der Waals surface area contributed by atoms with Crippen molar-refractivity contribution in [2.45, 2.75) is 0 Å². The summed E-state index contributed by atoms with van der Waals surface area (Å²) in [6, 6.07) is 6.48. The van der Waals surface area contributed by atoms with Gasteiger partial charge in [0, 0.05) is 31.4 Å². The maximum Gasteiger partial charge on any atom is 0.322 e. The van der Waals surface area contributed by atoms with E-state index in [4.69, 9.17) is 0 Å². The molecular weight excluding hydrogens is 254 g/mol. The summed E-state index contributed by atoms with van der Waals surface area (Å²) in [5.41, 5.74) is 1.05. The van der Waals surface area contributed by atoms with Crippen LogP contribution in [0.5, 0.6) is 0 Å². The summed E-state index contributed by atoms with van der Waals surface area (Å²) in [5.74, 6) is -0.199. The average molecular weight is 273 g/mol. The molecule has 0 fully saturated rings. The molecule has 0 unspecified atom stereocenters. The normalized spacial score (nSPS) is 9.45. The van der Waals surface area contributed by atoms with Crippen LogP contribution >= 0.6 is 0 Å². The Balaban J connectivity index is 2.81. The van der Waals surface area contributed by atoms with E-state index >= 15 is 0 Å². The molecule has 0 radical (unpaired) electrons. The average Bonchev–Trinajstić information content (AvgIpc) is 2.46. The monoisotopic (exact) mass is 273 g/mol. The second-order valence-electron chi connectivity index (χ2n) is 4.07. The fraction of sp³-hybridized carbons (Fsp3) is 0.200. The summed E-state index contributed by atoms with van der Waals surface area (Å²) >= 11 is 0. The van der Waals surface area contributed by atoms with Crippen LogP contribution in [-0.2, 0) is 0 Å². The van der Waals surface area contributed by atoms with Gasteiger partial charge in [0.2, 0.25) is 0 Å². The van der Waals surface area contributed by atoms with Gasteiger partial charge in [0.25, 0.3) is 5.91 Å². The molecule has 0 aliphatic rings. The van der Waals surface area contributed by atoms with Crippen LogP contribution in [-0.4, -0.2) is 37.0 Å². The molecule has 0 aromatic heterocycles. The number of carbonyl (C=O) groups is 2. The lowest BCUT2D eigenvalue weighted by Crippen LogP contribution is -2.35. The zero-order valence-electron chi connectivity index (χ0n) is 11.6. The highest BCUT2D eigenvalue weighted by molar-refractivity contribution is 5.96. The third-order valence-electron chi connectivity index (χ3n) is 2.59. The first-order valence-corrected chi connectivity index (χ1v) is 6.22. The first-order valence-electron chi connectivity index (χ1n) is 6.22. The highest BCUT2D eigenvalue weighted by atomic mass is 16.2. The minimum atomic E-state index is -0.265. The Bertz CT molecular complexity index is 502. The maximum absolute atomic E-state index is 12.1. The molecule has 1 aromatic carbocycles. The molecule has 1 rings (SSSR count). The number of carbonyl (C=O) groups excluding carboxylic acids is 2. The van der Waals surface area contributed by atoms with Gasteiger partial charge in [-0.2, -0.15) is 0 Å². The fourth-order valence-corrected chi connectivity index (χ4v) is 1.64. The van der Waals surface area contributed by atoms with E-state index in [0.717, 1.165) is 0 Å². The summed E-state index contributed by atoms with van der Waals surface area (Å²) in [6.45, 7) is 8.07. The number of nitrogens with zero attached hydrogens (tertiary/aromatic N) is 1. The molecule has 5 nitrogen and oxygen atoms in total. The van der Waals surface area contributed by atoms with Gasteiger partial charge in [-0.25, -0.2) is 4.79 Å². The molecule has 0 spiro atoms. The SMILES string of the molecule is C=CCN(CC=C)C(=O)Nc1cccc(C(=O)NC)c1. The number of urea groups is 1. The van der Waals surface area contributed by atoms with Crippen LogP contribution < -0.4 is 10.6 Å². The first kappa shape index (κ1) is 15.5. The lowest BCUT2D eigenvalue weighted by molar-refractivity contribution is 0.0963. The van der Waals surface area contributed by atoms with E-state index in [2.05, 4.69) is 23.8 Å². The molecule has 0 heterocycles. The molecule has 0 atom stereocenters. The van der Waals surface area contributed by atoms with Gasteiger partial charge in [0.15, 0.2) is 0 Å². The van der Waals surface area contributed by atoms with Crippen LogP contribution in [0.2, 0.25) is 0 Å². The molecule has 0 aliphatic carbocycles. The number of hydrogen-bond acceptors (Lipinski definition) is 2. The van der Waals surface area contributed by atoms with Gasteiger partial charge in [-0.1, -0.05) is 18.2 Å². The van der Waals surface area contributed by atoms with Crippen molar-refractivity contribution < 1.29 is 9.59 Å². The number of nitrogens with one attached hydrogen (secondary N) is 2. The van der Waals surface area contributed by atoms with E-state index in [-0.39, 0.29) is 11.9 Å². The minimum absolute atomic E-state index is 0.199. The van der Waals surface area contributed by atoms with Crippen molar-refractivity contribution in [1.82, 2.24) is 10.2 Å². The summed E-state index contributed by atoms with van der Waals surface area (Å²) in [5, 5.41) is 5.28. The summed E-state index contributed by atoms with van der Waals surface area (Å²) < 4.78 is 0. The topological polar surface area (TPSA) is 61.4 Å². The smallest absolute Gasteiger partial charge is 0.322 e. The molecule has 0 bridgehead atoms. The van der Waals surface area contributed by atoms with E-state index in [1.165, 1.54) is 0 Å². The molecule has 106 valence electrons. The van der Waals surface area contributed by atoms with Gasteiger partial charge in [0.05, 0.1) is 0 Å².